The van der Waals surface area contributed by atoms with Crippen LogP contribution in [0.5, 0.6) is 0 Å². The quantitative estimate of drug-likeness (QED) is 0.709. The van der Waals surface area contributed by atoms with Gasteiger partial charge in [-0.3, -0.25) is 4.79 Å². The predicted octanol–water partition coefficient (Wildman–Crippen LogP) is 2.22. The second kappa shape index (κ2) is 6.63. The summed E-state index contributed by atoms with van der Waals surface area (Å²) < 4.78 is 5.02. The van der Waals surface area contributed by atoms with Crippen molar-refractivity contribution in [1.29, 1.82) is 0 Å². The summed E-state index contributed by atoms with van der Waals surface area (Å²) in [4.78, 5) is 37.3. The Bertz CT molecular complexity index is 850. The fourth-order valence-corrected chi connectivity index (χ4v) is 3.18. The maximum absolute atomic E-state index is 11.9. The Morgan fingerprint density at radius 3 is 2.80 bits per heavy atom. The summed E-state index contributed by atoms with van der Waals surface area (Å²) in [6, 6.07) is -0.382. The molecular formula is C15H18N6O3S. The number of fused-ring (bicyclic) bond motifs is 1. The van der Waals surface area contributed by atoms with Crippen LogP contribution in [0, 0.1) is 13.8 Å². The van der Waals surface area contributed by atoms with E-state index < -0.39 is 5.97 Å². The molecule has 0 spiro atoms. The van der Waals surface area contributed by atoms with Gasteiger partial charge in [-0.25, -0.2) is 19.7 Å². The first-order valence-corrected chi connectivity index (χ1v) is 8.58. The molecule has 0 fully saturated rings. The monoisotopic (exact) mass is 362 g/mol. The van der Waals surface area contributed by atoms with Gasteiger partial charge in [-0.2, -0.15) is 0 Å². The van der Waals surface area contributed by atoms with Crippen molar-refractivity contribution in [1.82, 2.24) is 15.0 Å². The Balaban J connectivity index is 1.93. The Labute approximate surface area is 148 Å². The number of aryl methyl sites for hydroxylation is 2. The van der Waals surface area contributed by atoms with Gasteiger partial charge in [-0.05, 0) is 27.7 Å². The zero-order valence-electron chi connectivity index (χ0n) is 14.3. The third kappa shape index (κ3) is 3.38. The molecule has 3 heterocycles. The normalized spacial score (nSPS) is 15.8. The maximum Gasteiger partial charge on any atom is 0.350 e. The highest BCUT2D eigenvalue weighted by Crippen LogP contribution is 2.34. The van der Waals surface area contributed by atoms with E-state index in [-0.39, 0.29) is 11.9 Å². The minimum atomic E-state index is -0.407. The Hall–Kier alpha value is -2.75. The van der Waals surface area contributed by atoms with Crippen molar-refractivity contribution >= 4 is 45.7 Å². The van der Waals surface area contributed by atoms with Crippen LogP contribution in [-0.2, 0) is 9.53 Å². The van der Waals surface area contributed by atoms with E-state index >= 15 is 0 Å². The van der Waals surface area contributed by atoms with Crippen LogP contribution in [0.3, 0.4) is 0 Å². The lowest BCUT2D eigenvalue weighted by molar-refractivity contribution is -0.116. The molecule has 0 bridgehead atoms. The van der Waals surface area contributed by atoms with Crippen molar-refractivity contribution in [3.05, 3.63) is 16.4 Å². The minimum absolute atomic E-state index is 0.175. The van der Waals surface area contributed by atoms with Crippen LogP contribution in [-0.4, -0.2) is 39.5 Å². The number of thiazole rings is 1. The van der Waals surface area contributed by atoms with Gasteiger partial charge in [0.05, 0.1) is 12.3 Å². The van der Waals surface area contributed by atoms with Crippen LogP contribution >= 0.6 is 11.3 Å². The lowest BCUT2D eigenvalue weighted by Crippen LogP contribution is -2.37. The van der Waals surface area contributed by atoms with E-state index in [0.29, 0.717) is 45.5 Å². The molecule has 1 aliphatic heterocycles. The summed E-state index contributed by atoms with van der Waals surface area (Å²) in [7, 11) is 0. The number of nitrogens with one attached hydrogen (secondary N) is 3. The van der Waals surface area contributed by atoms with Gasteiger partial charge in [-0.15, -0.1) is 0 Å². The number of carbonyl (C=O) groups is 2. The molecule has 1 amide bonds. The summed E-state index contributed by atoms with van der Waals surface area (Å²) in [5.74, 6) is 0.914. The van der Waals surface area contributed by atoms with Crippen LogP contribution in [0.4, 0.5) is 22.5 Å². The van der Waals surface area contributed by atoms with Gasteiger partial charge in [0.15, 0.2) is 16.8 Å². The number of anilines is 4. The molecule has 1 unspecified atom stereocenters. The van der Waals surface area contributed by atoms with Crippen LogP contribution in [0.1, 0.15) is 35.0 Å². The molecule has 0 saturated carbocycles. The molecule has 0 saturated heterocycles. The number of amides is 1. The van der Waals surface area contributed by atoms with Gasteiger partial charge in [0.2, 0.25) is 5.91 Å². The van der Waals surface area contributed by atoms with E-state index in [4.69, 9.17) is 4.74 Å². The van der Waals surface area contributed by atoms with Crippen LogP contribution in [0.15, 0.2) is 0 Å². The number of ether oxygens (including phenoxy) is 1. The first kappa shape index (κ1) is 17.1. The van der Waals surface area contributed by atoms with Gasteiger partial charge in [0.1, 0.15) is 22.4 Å². The maximum atomic E-state index is 11.9. The SMILES string of the molecule is CCOC(=O)c1sc(Nc2nc(C)nc3c2NC(=O)C(C)N3)nc1C. The molecule has 25 heavy (non-hydrogen) atoms. The Morgan fingerprint density at radius 2 is 2.08 bits per heavy atom. The summed E-state index contributed by atoms with van der Waals surface area (Å²) in [6.07, 6.45) is 0. The summed E-state index contributed by atoms with van der Waals surface area (Å²) >= 11 is 1.17. The second-order valence-corrected chi connectivity index (χ2v) is 6.48. The number of hydrogen-bond acceptors (Lipinski definition) is 9. The van der Waals surface area contributed by atoms with Crippen molar-refractivity contribution < 1.29 is 14.3 Å². The molecule has 0 aliphatic carbocycles. The molecule has 0 radical (unpaired) electrons. The highest BCUT2D eigenvalue weighted by Gasteiger charge is 2.27. The minimum Gasteiger partial charge on any atom is -0.462 e. The Morgan fingerprint density at radius 1 is 1.32 bits per heavy atom. The smallest absolute Gasteiger partial charge is 0.350 e. The van der Waals surface area contributed by atoms with Gasteiger partial charge in [-0.1, -0.05) is 11.3 Å². The Kier molecular flexibility index (Phi) is 4.53. The van der Waals surface area contributed by atoms with E-state index in [1.165, 1.54) is 11.3 Å². The fourth-order valence-electron chi connectivity index (χ4n) is 2.33. The zero-order chi connectivity index (χ0) is 18.1. The summed E-state index contributed by atoms with van der Waals surface area (Å²) in [6.45, 7) is 7.29. The molecule has 1 atom stereocenters. The van der Waals surface area contributed by atoms with Crippen LogP contribution in [0.25, 0.3) is 0 Å². The molecule has 0 aromatic carbocycles. The predicted molar refractivity (Wildman–Crippen MR) is 94.6 cm³/mol. The van der Waals surface area contributed by atoms with Crippen molar-refractivity contribution in [2.45, 2.75) is 33.7 Å². The third-order valence-corrected chi connectivity index (χ3v) is 4.55. The average Bonchev–Trinajstić information content (AvgIpc) is 2.90. The van der Waals surface area contributed by atoms with Crippen molar-refractivity contribution in [2.24, 2.45) is 0 Å². The molecule has 132 valence electrons. The van der Waals surface area contributed by atoms with E-state index in [9.17, 15) is 9.59 Å². The molecule has 9 nitrogen and oxygen atoms in total. The molecule has 3 N–H and O–H groups in total. The zero-order valence-corrected chi connectivity index (χ0v) is 15.1. The van der Waals surface area contributed by atoms with Gasteiger partial charge >= 0.3 is 5.97 Å². The fraction of sp³-hybridized carbons (Fsp3) is 0.400. The van der Waals surface area contributed by atoms with Gasteiger partial charge in [0.25, 0.3) is 0 Å². The van der Waals surface area contributed by atoms with Crippen molar-refractivity contribution in [2.75, 3.05) is 22.6 Å². The van der Waals surface area contributed by atoms with E-state index in [0.717, 1.165) is 0 Å². The molecule has 2 aromatic rings. The molecule has 1 aliphatic rings. The van der Waals surface area contributed by atoms with Crippen LogP contribution in [0.2, 0.25) is 0 Å². The van der Waals surface area contributed by atoms with Crippen molar-refractivity contribution in [3.63, 3.8) is 0 Å². The number of carbonyl (C=O) groups excluding carboxylic acids is 2. The standard InChI is InChI=1S/C15H18N6O3S/c1-5-24-14(23)10-6(2)17-15(25-10)21-12-9-11(18-8(4)19-12)16-7(3)13(22)20-9/h7H,5H2,1-4H3,(H,20,22)(H2,16,17,18,19,21). The summed E-state index contributed by atoms with van der Waals surface area (Å²) in [5.41, 5.74) is 1.03. The number of hydrogen-bond donors (Lipinski definition) is 3. The van der Waals surface area contributed by atoms with Gasteiger partial charge < -0.3 is 20.7 Å². The number of rotatable bonds is 4. The first-order chi connectivity index (χ1) is 11.9. The largest absolute Gasteiger partial charge is 0.462 e. The van der Waals surface area contributed by atoms with Crippen LogP contribution < -0.4 is 16.0 Å². The lowest BCUT2D eigenvalue weighted by Gasteiger charge is -2.24. The highest BCUT2D eigenvalue weighted by molar-refractivity contribution is 7.17. The lowest BCUT2D eigenvalue weighted by atomic mass is 10.2. The van der Waals surface area contributed by atoms with Crippen molar-refractivity contribution in [3.8, 4) is 0 Å². The molecule has 3 rings (SSSR count). The second-order valence-electron chi connectivity index (χ2n) is 5.48. The van der Waals surface area contributed by atoms with Gasteiger partial charge in [0, 0.05) is 0 Å². The molecular weight excluding hydrogens is 344 g/mol. The topological polar surface area (TPSA) is 118 Å². The van der Waals surface area contributed by atoms with E-state index in [2.05, 4.69) is 30.9 Å². The first-order valence-electron chi connectivity index (χ1n) is 7.76. The summed E-state index contributed by atoms with van der Waals surface area (Å²) in [5, 5.41) is 9.36. The van der Waals surface area contributed by atoms with E-state index in [1.807, 2.05) is 0 Å². The average molecular weight is 362 g/mol. The highest BCUT2D eigenvalue weighted by atomic mass is 32.1. The number of aromatic nitrogens is 3. The molecule has 2 aromatic heterocycles. The van der Waals surface area contributed by atoms with E-state index in [1.54, 1.807) is 27.7 Å². The molecule has 10 heteroatoms. The number of nitrogens with zero attached hydrogens (tertiary/aromatic N) is 3. The number of esters is 1. The third-order valence-electron chi connectivity index (χ3n) is 3.50.